The monoisotopic (exact) mass is 203 g/mol. The number of hydrogen-bond donors (Lipinski definition) is 2. The number of nitrogens with zero attached hydrogens (tertiary/aromatic N) is 2. The van der Waals surface area contributed by atoms with Crippen LogP contribution in [-0.4, -0.2) is 27.8 Å². The number of aliphatic hydroxyl groups excluding tert-OH is 1. The molecule has 0 saturated heterocycles. The molecule has 1 rings (SSSR count). The fraction of sp³-hybridized carbons (Fsp3) is 0.625. The first-order chi connectivity index (χ1) is 6.05. The minimum Gasteiger partial charge on any atom is -0.395 e. The Morgan fingerprint density at radius 1 is 1.77 bits per heavy atom. The highest BCUT2D eigenvalue weighted by Crippen LogP contribution is 2.27. The van der Waals surface area contributed by atoms with Gasteiger partial charge in [0.25, 0.3) is 0 Å². The van der Waals surface area contributed by atoms with Crippen molar-refractivity contribution in [3.63, 3.8) is 0 Å². The molecule has 0 saturated carbocycles. The number of rotatable bonds is 3. The van der Waals surface area contributed by atoms with Crippen LogP contribution in [-0.2, 0) is 12.5 Å². The van der Waals surface area contributed by atoms with Crippen molar-refractivity contribution in [2.24, 2.45) is 12.8 Å². The predicted molar refractivity (Wildman–Crippen MR) is 51.7 cm³/mol. The van der Waals surface area contributed by atoms with Crippen molar-refractivity contribution in [1.82, 2.24) is 9.55 Å². The molecule has 1 aromatic rings. The molecule has 4 nitrogen and oxygen atoms in total. The predicted octanol–water partition coefficient (Wildman–Crippen LogP) is 0.282. The number of halogens is 1. The minimum atomic E-state index is -0.512. The van der Waals surface area contributed by atoms with E-state index in [0.717, 1.165) is 5.69 Å². The second kappa shape index (κ2) is 3.65. The Hall–Kier alpha value is -0.580. The van der Waals surface area contributed by atoms with Gasteiger partial charge in [-0.1, -0.05) is 18.5 Å². The molecule has 0 aliphatic heterocycles. The molecule has 1 atom stereocenters. The van der Waals surface area contributed by atoms with Crippen molar-refractivity contribution in [2.75, 3.05) is 13.2 Å². The maximum absolute atomic E-state index is 9.23. The highest BCUT2D eigenvalue weighted by Gasteiger charge is 2.30. The van der Waals surface area contributed by atoms with E-state index in [4.69, 9.17) is 17.3 Å². The lowest BCUT2D eigenvalue weighted by molar-refractivity contribution is 0.204. The highest BCUT2D eigenvalue weighted by molar-refractivity contribution is 6.30. The van der Waals surface area contributed by atoms with E-state index in [0.29, 0.717) is 11.7 Å². The number of nitrogens with two attached hydrogens (primary N) is 1. The maximum atomic E-state index is 9.23. The fourth-order valence-corrected chi connectivity index (χ4v) is 1.72. The standard InChI is InChI=1S/C8H14ClN3O/c1-8(3-10,4-13)6-7(9)11-5-12(6)2/h5,13H,3-4,10H2,1-2H3. The van der Waals surface area contributed by atoms with Crippen molar-refractivity contribution in [2.45, 2.75) is 12.3 Å². The van der Waals surface area contributed by atoms with Crippen LogP contribution in [0, 0.1) is 0 Å². The number of aryl methyl sites for hydroxylation is 1. The molecule has 0 bridgehead atoms. The number of aromatic nitrogens is 2. The van der Waals surface area contributed by atoms with E-state index in [-0.39, 0.29) is 6.61 Å². The van der Waals surface area contributed by atoms with E-state index in [1.807, 2.05) is 14.0 Å². The first-order valence-corrected chi connectivity index (χ1v) is 4.41. The van der Waals surface area contributed by atoms with Gasteiger partial charge < -0.3 is 15.4 Å². The van der Waals surface area contributed by atoms with Gasteiger partial charge in [0.15, 0.2) is 5.15 Å². The zero-order chi connectivity index (χ0) is 10.1. The van der Waals surface area contributed by atoms with E-state index in [1.165, 1.54) is 0 Å². The van der Waals surface area contributed by atoms with Gasteiger partial charge in [0.2, 0.25) is 0 Å². The van der Waals surface area contributed by atoms with E-state index in [9.17, 15) is 5.11 Å². The number of aliphatic hydroxyl groups is 1. The second-order valence-electron chi connectivity index (χ2n) is 3.42. The van der Waals surface area contributed by atoms with Crippen LogP contribution in [0.3, 0.4) is 0 Å². The van der Waals surface area contributed by atoms with E-state index >= 15 is 0 Å². The van der Waals surface area contributed by atoms with Gasteiger partial charge in [-0.25, -0.2) is 4.98 Å². The summed E-state index contributed by atoms with van der Waals surface area (Å²) in [6, 6.07) is 0. The molecule has 1 aromatic heterocycles. The van der Waals surface area contributed by atoms with Gasteiger partial charge in [-0.2, -0.15) is 0 Å². The molecule has 0 radical (unpaired) electrons. The Morgan fingerprint density at radius 3 is 2.69 bits per heavy atom. The normalized spacial score (nSPS) is 15.8. The zero-order valence-electron chi connectivity index (χ0n) is 7.79. The van der Waals surface area contributed by atoms with Gasteiger partial charge in [-0.15, -0.1) is 0 Å². The quantitative estimate of drug-likeness (QED) is 0.742. The van der Waals surface area contributed by atoms with Gasteiger partial charge in [-0.3, -0.25) is 0 Å². The molecule has 0 amide bonds. The molecular formula is C8H14ClN3O. The Labute approximate surface area is 82.3 Å². The third-order valence-electron chi connectivity index (χ3n) is 2.26. The third kappa shape index (κ3) is 1.70. The van der Waals surface area contributed by atoms with E-state index in [2.05, 4.69) is 4.98 Å². The summed E-state index contributed by atoms with van der Waals surface area (Å²) in [7, 11) is 1.83. The molecule has 5 heteroatoms. The van der Waals surface area contributed by atoms with Crippen molar-refractivity contribution in [3.05, 3.63) is 17.2 Å². The van der Waals surface area contributed by atoms with Gasteiger partial charge in [0.05, 0.1) is 18.6 Å². The van der Waals surface area contributed by atoms with Crippen molar-refractivity contribution in [1.29, 1.82) is 0 Å². The summed E-state index contributed by atoms with van der Waals surface area (Å²) in [6.45, 7) is 2.15. The van der Waals surface area contributed by atoms with Crippen LogP contribution < -0.4 is 5.73 Å². The Balaban J connectivity index is 3.18. The summed E-state index contributed by atoms with van der Waals surface area (Å²) in [6.07, 6.45) is 1.61. The van der Waals surface area contributed by atoms with Gasteiger partial charge in [0.1, 0.15) is 0 Å². The van der Waals surface area contributed by atoms with Crippen LogP contribution in [0.4, 0.5) is 0 Å². The summed E-state index contributed by atoms with van der Waals surface area (Å²) in [5.41, 5.74) is 5.85. The molecule has 3 N–H and O–H groups in total. The van der Waals surface area contributed by atoms with Crippen LogP contribution in [0.5, 0.6) is 0 Å². The molecule has 74 valence electrons. The molecule has 0 spiro atoms. The van der Waals surface area contributed by atoms with Gasteiger partial charge >= 0.3 is 0 Å². The van der Waals surface area contributed by atoms with Crippen molar-refractivity contribution < 1.29 is 5.11 Å². The van der Waals surface area contributed by atoms with E-state index in [1.54, 1.807) is 10.9 Å². The fourth-order valence-electron chi connectivity index (χ4n) is 1.31. The first kappa shape index (κ1) is 10.5. The molecule has 0 aliphatic carbocycles. The number of imidazole rings is 1. The lowest BCUT2D eigenvalue weighted by Crippen LogP contribution is -2.37. The average molecular weight is 204 g/mol. The summed E-state index contributed by atoms with van der Waals surface area (Å²) in [4.78, 5) is 3.94. The van der Waals surface area contributed by atoms with Gasteiger partial charge in [-0.05, 0) is 0 Å². The largest absolute Gasteiger partial charge is 0.395 e. The summed E-state index contributed by atoms with van der Waals surface area (Å²) in [5, 5.41) is 9.63. The smallest absolute Gasteiger partial charge is 0.150 e. The summed E-state index contributed by atoms with van der Waals surface area (Å²) >= 11 is 5.89. The molecule has 13 heavy (non-hydrogen) atoms. The molecular weight excluding hydrogens is 190 g/mol. The SMILES string of the molecule is Cn1cnc(Cl)c1C(C)(CN)CO. The average Bonchev–Trinajstić information content (AvgIpc) is 2.46. The topological polar surface area (TPSA) is 64.1 Å². The Morgan fingerprint density at radius 2 is 2.38 bits per heavy atom. The van der Waals surface area contributed by atoms with Gasteiger partial charge in [0, 0.05) is 19.0 Å². The van der Waals surface area contributed by atoms with Crippen LogP contribution in [0.15, 0.2) is 6.33 Å². The van der Waals surface area contributed by atoms with Crippen molar-refractivity contribution in [3.8, 4) is 0 Å². The summed E-state index contributed by atoms with van der Waals surface area (Å²) in [5.74, 6) is 0. The third-order valence-corrected chi connectivity index (χ3v) is 2.54. The second-order valence-corrected chi connectivity index (χ2v) is 3.78. The van der Waals surface area contributed by atoms with Crippen LogP contribution in [0.1, 0.15) is 12.6 Å². The zero-order valence-corrected chi connectivity index (χ0v) is 8.54. The van der Waals surface area contributed by atoms with Crippen LogP contribution in [0.2, 0.25) is 5.15 Å². The molecule has 0 aromatic carbocycles. The molecule has 0 aliphatic rings. The maximum Gasteiger partial charge on any atom is 0.150 e. The molecule has 1 heterocycles. The summed E-state index contributed by atoms with van der Waals surface area (Å²) < 4.78 is 1.78. The molecule has 0 fully saturated rings. The Bertz CT molecular complexity index is 274. The molecule has 1 unspecified atom stereocenters. The van der Waals surface area contributed by atoms with Crippen molar-refractivity contribution >= 4 is 11.6 Å². The van der Waals surface area contributed by atoms with Crippen LogP contribution >= 0.6 is 11.6 Å². The first-order valence-electron chi connectivity index (χ1n) is 4.03. The minimum absolute atomic E-state index is 0.0389. The number of hydrogen-bond acceptors (Lipinski definition) is 3. The Kier molecular flexibility index (Phi) is 2.95. The lowest BCUT2D eigenvalue weighted by atomic mass is 9.88. The van der Waals surface area contributed by atoms with E-state index < -0.39 is 5.41 Å². The lowest BCUT2D eigenvalue weighted by Gasteiger charge is -2.25. The van der Waals surface area contributed by atoms with Crippen LogP contribution in [0.25, 0.3) is 0 Å². The highest BCUT2D eigenvalue weighted by atomic mass is 35.5.